The van der Waals surface area contributed by atoms with E-state index in [-0.39, 0.29) is 6.10 Å². The van der Waals surface area contributed by atoms with Gasteiger partial charge in [-0.05, 0) is 40.4 Å². The van der Waals surface area contributed by atoms with Crippen LogP contribution < -0.4 is 0 Å². The van der Waals surface area contributed by atoms with Gasteiger partial charge in [-0.2, -0.15) is 5.10 Å². The first-order valence-corrected chi connectivity index (χ1v) is 6.94. The molecule has 0 aliphatic heterocycles. The second-order valence-electron chi connectivity index (χ2n) is 4.83. The fourth-order valence-corrected chi connectivity index (χ4v) is 2.29. The molecule has 0 saturated carbocycles. The van der Waals surface area contributed by atoms with E-state index in [0.29, 0.717) is 6.42 Å². The Hall–Kier alpha value is -0.580. The highest BCUT2D eigenvalue weighted by atomic mass is 35.5. The number of aliphatic hydroxyl groups excluding tert-OH is 1. The quantitative estimate of drug-likeness (QED) is 0.826. The molecule has 104 valence electrons. The van der Waals surface area contributed by atoms with Crippen molar-refractivity contribution in [2.24, 2.45) is 0 Å². The Bertz CT molecular complexity index is 377. The lowest BCUT2D eigenvalue weighted by Gasteiger charge is -2.15. The van der Waals surface area contributed by atoms with Gasteiger partial charge in [-0.3, -0.25) is 4.68 Å². The molecule has 0 spiro atoms. The molecule has 1 aromatic rings. The summed E-state index contributed by atoms with van der Waals surface area (Å²) >= 11 is 6.31. The van der Waals surface area contributed by atoms with E-state index in [4.69, 9.17) is 11.6 Å². The number of nitrogens with zero attached hydrogens (tertiary/aromatic N) is 3. The number of halogens is 1. The topological polar surface area (TPSA) is 41.3 Å². The monoisotopic (exact) mass is 273 g/mol. The number of rotatable bonds is 7. The zero-order valence-corrected chi connectivity index (χ0v) is 12.5. The highest BCUT2D eigenvalue weighted by molar-refractivity contribution is 6.31. The van der Waals surface area contributed by atoms with Gasteiger partial charge < -0.3 is 10.0 Å². The van der Waals surface area contributed by atoms with Gasteiger partial charge in [-0.15, -0.1) is 0 Å². The third kappa shape index (κ3) is 3.97. The van der Waals surface area contributed by atoms with Gasteiger partial charge >= 0.3 is 0 Å². The summed E-state index contributed by atoms with van der Waals surface area (Å²) in [5.74, 6) is 0. The molecule has 0 aromatic carbocycles. The van der Waals surface area contributed by atoms with Crippen LogP contribution in [0.1, 0.15) is 31.7 Å². The molecule has 1 atom stereocenters. The molecular weight excluding hydrogens is 250 g/mol. The zero-order valence-electron chi connectivity index (χ0n) is 11.8. The van der Waals surface area contributed by atoms with E-state index >= 15 is 0 Å². The molecule has 0 amide bonds. The predicted octanol–water partition coefficient (Wildman–Crippen LogP) is 1.97. The molecule has 1 rings (SSSR count). The van der Waals surface area contributed by atoms with E-state index in [9.17, 15) is 5.11 Å². The minimum absolute atomic E-state index is 0.364. The van der Waals surface area contributed by atoms with Crippen molar-refractivity contribution in [3.63, 3.8) is 0 Å². The van der Waals surface area contributed by atoms with Crippen molar-refractivity contribution in [3.8, 4) is 0 Å². The largest absolute Gasteiger partial charge is 0.393 e. The van der Waals surface area contributed by atoms with Crippen LogP contribution in [0.25, 0.3) is 0 Å². The molecule has 4 nitrogen and oxygen atoms in total. The molecule has 18 heavy (non-hydrogen) atoms. The fraction of sp³-hybridized carbons (Fsp3) is 0.769. The number of aryl methyl sites for hydroxylation is 2. The standard InChI is InChI=1S/C13H24ClN3O/c1-5-11-13(14)12(17(6-2)15-11)9-10(18)7-8-16(3)4/h10,18H,5-9H2,1-4H3. The highest BCUT2D eigenvalue weighted by Crippen LogP contribution is 2.23. The zero-order chi connectivity index (χ0) is 13.7. The average Bonchev–Trinajstić information content (AvgIpc) is 2.63. The Balaban J connectivity index is 2.73. The molecule has 0 aliphatic carbocycles. The summed E-state index contributed by atoms with van der Waals surface area (Å²) in [5.41, 5.74) is 1.88. The maximum atomic E-state index is 10.1. The molecule has 0 fully saturated rings. The van der Waals surface area contributed by atoms with Crippen molar-refractivity contribution < 1.29 is 5.11 Å². The molecule has 0 radical (unpaired) electrons. The summed E-state index contributed by atoms with van der Waals surface area (Å²) in [5, 5.41) is 15.2. The first-order chi connectivity index (χ1) is 8.49. The average molecular weight is 274 g/mol. The summed E-state index contributed by atoms with van der Waals surface area (Å²) in [4.78, 5) is 2.07. The van der Waals surface area contributed by atoms with Crippen LogP contribution >= 0.6 is 11.6 Å². The van der Waals surface area contributed by atoms with Crippen LogP contribution in [0, 0.1) is 0 Å². The first-order valence-electron chi connectivity index (χ1n) is 6.56. The SMILES string of the molecule is CCc1nn(CC)c(CC(O)CCN(C)C)c1Cl. The number of hydrogen-bond donors (Lipinski definition) is 1. The molecule has 1 unspecified atom stereocenters. The summed E-state index contributed by atoms with van der Waals surface area (Å²) in [7, 11) is 4.01. The van der Waals surface area contributed by atoms with E-state index in [1.54, 1.807) is 0 Å². The highest BCUT2D eigenvalue weighted by Gasteiger charge is 2.17. The van der Waals surface area contributed by atoms with Crippen molar-refractivity contribution >= 4 is 11.6 Å². The number of hydrogen-bond acceptors (Lipinski definition) is 3. The van der Waals surface area contributed by atoms with Gasteiger partial charge in [0.15, 0.2) is 0 Å². The molecule has 1 aromatic heterocycles. The van der Waals surface area contributed by atoms with Gasteiger partial charge in [-0.25, -0.2) is 0 Å². The van der Waals surface area contributed by atoms with Crippen molar-refractivity contribution in [2.75, 3.05) is 20.6 Å². The van der Waals surface area contributed by atoms with Crippen LogP contribution in [0.3, 0.4) is 0 Å². The molecule has 1 N–H and O–H groups in total. The van der Waals surface area contributed by atoms with E-state index in [0.717, 1.165) is 42.3 Å². The van der Waals surface area contributed by atoms with Crippen LogP contribution in [0.2, 0.25) is 5.02 Å². The molecule has 0 bridgehead atoms. The maximum Gasteiger partial charge on any atom is 0.0850 e. The Labute approximate surface area is 115 Å². The summed E-state index contributed by atoms with van der Waals surface area (Å²) in [6, 6.07) is 0. The number of aliphatic hydroxyl groups is 1. The van der Waals surface area contributed by atoms with E-state index < -0.39 is 0 Å². The first kappa shape index (κ1) is 15.5. The van der Waals surface area contributed by atoms with Gasteiger partial charge in [0.2, 0.25) is 0 Å². The smallest absolute Gasteiger partial charge is 0.0850 e. The van der Waals surface area contributed by atoms with Crippen LogP contribution in [0.5, 0.6) is 0 Å². The molecule has 0 aliphatic rings. The van der Waals surface area contributed by atoms with Crippen molar-refractivity contribution in [1.82, 2.24) is 14.7 Å². The maximum absolute atomic E-state index is 10.1. The third-order valence-corrected chi connectivity index (χ3v) is 3.47. The lowest BCUT2D eigenvalue weighted by molar-refractivity contribution is 0.150. The summed E-state index contributed by atoms with van der Waals surface area (Å²) in [6.45, 7) is 5.74. The summed E-state index contributed by atoms with van der Waals surface area (Å²) in [6.07, 6.45) is 1.79. The molecule has 5 heteroatoms. The normalized spacial score (nSPS) is 13.3. The van der Waals surface area contributed by atoms with Crippen LogP contribution in [-0.4, -0.2) is 46.5 Å². The van der Waals surface area contributed by atoms with Gasteiger partial charge in [0.05, 0.1) is 22.5 Å². The summed E-state index contributed by atoms with van der Waals surface area (Å²) < 4.78 is 1.90. The molecule has 1 heterocycles. The predicted molar refractivity (Wildman–Crippen MR) is 75.2 cm³/mol. The Morgan fingerprint density at radius 3 is 2.56 bits per heavy atom. The second kappa shape index (κ2) is 7.12. The van der Waals surface area contributed by atoms with Gasteiger partial charge in [0, 0.05) is 13.0 Å². The van der Waals surface area contributed by atoms with Crippen LogP contribution in [0.15, 0.2) is 0 Å². The van der Waals surface area contributed by atoms with Crippen LogP contribution in [0.4, 0.5) is 0 Å². The second-order valence-corrected chi connectivity index (χ2v) is 5.20. The van der Waals surface area contributed by atoms with Crippen molar-refractivity contribution in [2.45, 2.75) is 45.8 Å². The van der Waals surface area contributed by atoms with Gasteiger partial charge in [-0.1, -0.05) is 18.5 Å². The van der Waals surface area contributed by atoms with Crippen molar-refractivity contribution in [1.29, 1.82) is 0 Å². The Morgan fingerprint density at radius 2 is 2.06 bits per heavy atom. The van der Waals surface area contributed by atoms with Gasteiger partial charge in [0.1, 0.15) is 0 Å². The van der Waals surface area contributed by atoms with Crippen LogP contribution in [-0.2, 0) is 19.4 Å². The van der Waals surface area contributed by atoms with Crippen molar-refractivity contribution in [3.05, 3.63) is 16.4 Å². The minimum atomic E-state index is -0.364. The molecular formula is C13H24ClN3O. The minimum Gasteiger partial charge on any atom is -0.393 e. The van der Waals surface area contributed by atoms with E-state index in [2.05, 4.69) is 10.00 Å². The Kier molecular flexibility index (Phi) is 6.12. The van der Waals surface area contributed by atoms with E-state index in [1.165, 1.54) is 0 Å². The lowest BCUT2D eigenvalue weighted by Crippen LogP contribution is -2.22. The Morgan fingerprint density at radius 1 is 1.39 bits per heavy atom. The van der Waals surface area contributed by atoms with Gasteiger partial charge in [0.25, 0.3) is 0 Å². The fourth-order valence-electron chi connectivity index (χ4n) is 1.94. The van der Waals surface area contributed by atoms with E-state index in [1.807, 2.05) is 32.6 Å². The number of aromatic nitrogens is 2. The molecule has 0 saturated heterocycles. The lowest BCUT2D eigenvalue weighted by atomic mass is 10.1. The third-order valence-electron chi connectivity index (χ3n) is 3.03.